The third-order valence-corrected chi connectivity index (χ3v) is 12.4. The molecule has 0 N–H and O–H groups in total. The zero-order chi connectivity index (χ0) is 41.4. The summed E-state index contributed by atoms with van der Waals surface area (Å²) in [6.45, 7) is 0. The highest BCUT2D eigenvalue weighted by molar-refractivity contribution is 6.27. The van der Waals surface area contributed by atoms with Crippen LogP contribution in [0.25, 0.3) is 122 Å². The lowest BCUT2D eigenvalue weighted by atomic mass is 9.97. The maximum absolute atomic E-state index is 6.83. The second kappa shape index (κ2) is 14.0. The molecule has 0 atom stereocenters. The van der Waals surface area contributed by atoms with E-state index in [0.29, 0.717) is 17.5 Å². The van der Waals surface area contributed by atoms with Crippen LogP contribution in [-0.4, -0.2) is 24.1 Å². The SMILES string of the molecule is c1ccc(-c2nc(-c3ccccc3)nc(-c3ccc(-n4c5ccccc5c5c6oc7ccccc7c6cc(-c6ccc7c(c6)c6ccccc6n7-c6ccccc6)c54)cc3)n2)cc1. The molecule has 13 rings (SSSR count). The van der Waals surface area contributed by atoms with E-state index in [1.165, 1.54) is 16.3 Å². The highest BCUT2D eigenvalue weighted by atomic mass is 16.3. The number of aromatic nitrogens is 5. The van der Waals surface area contributed by atoms with E-state index in [-0.39, 0.29) is 0 Å². The monoisotopic (exact) mass is 805 g/mol. The van der Waals surface area contributed by atoms with Crippen LogP contribution in [0.5, 0.6) is 0 Å². The Morgan fingerprint density at radius 2 is 0.825 bits per heavy atom. The molecule has 13 aromatic rings. The normalized spacial score (nSPS) is 11.8. The van der Waals surface area contributed by atoms with E-state index in [1.54, 1.807) is 0 Å². The number of rotatable bonds is 6. The first-order valence-electron chi connectivity index (χ1n) is 21.2. The van der Waals surface area contributed by atoms with Crippen molar-refractivity contribution in [2.75, 3.05) is 0 Å². The largest absolute Gasteiger partial charge is 0.455 e. The van der Waals surface area contributed by atoms with Gasteiger partial charge in [0.25, 0.3) is 0 Å². The van der Waals surface area contributed by atoms with Crippen molar-refractivity contribution in [2.24, 2.45) is 0 Å². The van der Waals surface area contributed by atoms with Crippen LogP contribution in [0, 0.1) is 0 Å². The lowest BCUT2D eigenvalue weighted by Gasteiger charge is -2.14. The van der Waals surface area contributed by atoms with E-state index in [4.69, 9.17) is 19.4 Å². The lowest BCUT2D eigenvalue weighted by molar-refractivity contribution is 0.673. The van der Waals surface area contributed by atoms with Crippen LogP contribution >= 0.6 is 0 Å². The van der Waals surface area contributed by atoms with Gasteiger partial charge in [0.05, 0.1) is 27.5 Å². The Kier molecular flexibility index (Phi) is 7.80. The maximum Gasteiger partial charge on any atom is 0.164 e. The molecule has 0 unspecified atom stereocenters. The summed E-state index contributed by atoms with van der Waals surface area (Å²) in [7, 11) is 0. The van der Waals surface area contributed by atoms with Crippen molar-refractivity contribution in [3.63, 3.8) is 0 Å². The van der Waals surface area contributed by atoms with Gasteiger partial charge >= 0.3 is 0 Å². The predicted octanol–water partition coefficient (Wildman–Crippen LogP) is 14.6. The molecule has 0 aliphatic heterocycles. The molecular weight excluding hydrogens is 771 g/mol. The van der Waals surface area contributed by atoms with Gasteiger partial charge in [0, 0.05) is 60.6 Å². The summed E-state index contributed by atoms with van der Waals surface area (Å²) >= 11 is 0. The molecular formula is C57H35N5O. The van der Waals surface area contributed by atoms with Gasteiger partial charge in [-0.2, -0.15) is 0 Å². The van der Waals surface area contributed by atoms with Crippen LogP contribution < -0.4 is 0 Å². The van der Waals surface area contributed by atoms with Crippen molar-refractivity contribution in [1.29, 1.82) is 0 Å². The minimum Gasteiger partial charge on any atom is -0.455 e. The Balaban J connectivity index is 1.06. The number of fused-ring (bicyclic) bond motifs is 10. The average molecular weight is 806 g/mol. The Hall–Kier alpha value is -8.61. The number of benzene rings is 9. The Labute approximate surface area is 361 Å². The van der Waals surface area contributed by atoms with Crippen molar-refractivity contribution in [3.05, 3.63) is 212 Å². The van der Waals surface area contributed by atoms with E-state index >= 15 is 0 Å². The second-order valence-corrected chi connectivity index (χ2v) is 16.0. The Morgan fingerprint density at radius 1 is 0.333 bits per heavy atom. The van der Waals surface area contributed by atoms with Gasteiger partial charge in [0.15, 0.2) is 17.5 Å². The van der Waals surface area contributed by atoms with Crippen LogP contribution in [0.1, 0.15) is 0 Å². The third-order valence-electron chi connectivity index (χ3n) is 12.4. The molecule has 0 aliphatic rings. The summed E-state index contributed by atoms with van der Waals surface area (Å²) < 4.78 is 11.6. The summed E-state index contributed by atoms with van der Waals surface area (Å²) in [6.07, 6.45) is 0. The second-order valence-electron chi connectivity index (χ2n) is 16.0. The van der Waals surface area contributed by atoms with E-state index < -0.39 is 0 Å². The fraction of sp³-hybridized carbons (Fsp3) is 0. The van der Waals surface area contributed by atoms with Crippen molar-refractivity contribution in [2.45, 2.75) is 0 Å². The average Bonchev–Trinajstić information content (AvgIpc) is 4.02. The van der Waals surface area contributed by atoms with Gasteiger partial charge in [-0.05, 0) is 78.4 Å². The number of furan rings is 1. The van der Waals surface area contributed by atoms with Crippen LogP contribution in [0.4, 0.5) is 0 Å². The highest BCUT2D eigenvalue weighted by Gasteiger charge is 2.24. The number of hydrogen-bond donors (Lipinski definition) is 0. The van der Waals surface area contributed by atoms with Gasteiger partial charge < -0.3 is 13.6 Å². The van der Waals surface area contributed by atoms with E-state index in [0.717, 1.165) is 88.5 Å². The van der Waals surface area contributed by atoms with Crippen molar-refractivity contribution in [3.8, 4) is 56.7 Å². The zero-order valence-corrected chi connectivity index (χ0v) is 33.9. The molecule has 0 aliphatic carbocycles. The highest BCUT2D eigenvalue weighted by Crippen LogP contribution is 2.46. The molecule has 4 heterocycles. The Morgan fingerprint density at radius 3 is 1.49 bits per heavy atom. The summed E-state index contributed by atoms with van der Waals surface area (Å²) in [4.78, 5) is 15.0. The standard InChI is InChI=1S/C57H35N5O/c1-4-16-36(17-5-1)55-58-56(37-18-6-2-7-19-37)60-57(59-55)38-28-31-41(32-29-38)62-49-26-14-11-24-44(49)52-53(62)45(35-47-43-23-12-15-27-51(43)63-54(47)52)39-30-33-50-46(34-39)42-22-10-13-25-48(42)61(50)40-20-8-3-9-21-40/h1-35H. The third kappa shape index (κ3) is 5.55. The fourth-order valence-corrected chi connectivity index (χ4v) is 9.51. The minimum absolute atomic E-state index is 0.615. The van der Waals surface area contributed by atoms with Gasteiger partial charge in [0.1, 0.15) is 11.2 Å². The van der Waals surface area contributed by atoms with Crippen molar-refractivity contribution < 1.29 is 4.42 Å². The smallest absolute Gasteiger partial charge is 0.164 e. The first kappa shape index (κ1) is 35.2. The number of hydrogen-bond acceptors (Lipinski definition) is 4. The van der Waals surface area contributed by atoms with Gasteiger partial charge in [0.2, 0.25) is 0 Å². The van der Waals surface area contributed by atoms with Crippen LogP contribution in [0.15, 0.2) is 217 Å². The van der Waals surface area contributed by atoms with Crippen LogP contribution in [0.3, 0.4) is 0 Å². The van der Waals surface area contributed by atoms with Gasteiger partial charge in [-0.15, -0.1) is 0 Å². The van der Waals surface area contributed by atoms with Gasteiger partial charge in [-0.3, -0.25) is 0 Å². The first-order chi connectivity index (χ1) is 31.2. The molecule has 6 nitrogen and oxygen atoms in total. The molecule has 0 saturated heterocycles. The van der Waals surface area contributed by atoms with Crippen LogP contribution in [-0.2, 0) is 0 Å². The predicted molar refractivity (Wildman–Crippen MR) is 258 cm³/mol. The van der Waals surface area contributed by atoms with Crippen LogP contribution in [0.2, 0.25) is 0 Å². The lowest BCUT2D eigenvalue weighted by Crippen LogP contribution is -2.00. The summed E-state index contributed by atoms with van der Waals surface area (Å²) in [5.74, 6) is 1.88. The summed E-state index contributed by atoms with van der Waals surface area (Å²) in [6, 6.07) is 74.5. The van der Waals surface area contributed by atoms with E-state index in [2.05, 4.69) is 155 Å². The molecule has 0 amide bonds. The van der Waals surface area contributed by atoms with Crippen molar-refractivity contribution >= 4 is 65.6 Å². The molecule has 9 aromatic carbocycles. The molecule has 0 saturated carbocycles. The van der Waals surface area contributed by atoms with Gasteiger partial charge in [-0.25, -0.2) is 15.0 Å². The molecule has 0 spiro atoms. The molecule has 0 fully saturated rings. The first-order valence-corrected chi connectivity index (χ1v) is 21.2. The fourth-order valence-electron chi connectivity index (χ4n) is 9.51. The number of nitrogens with zero attached hydrogens (tertiary/aromatic N) is 5. The van der Waals surface area contributed by atoms with E-state index in [9.17, 15) is 0 Å². The summed E-state index contributed by atoms with van der Waals surface area (Å²) in [5.41, 5.74) is 13.5. The molecule has 6 heteroatoms. The quantitative estimate of drug-likeness (QED) is 0.168. The van der Waals surface area contributed by atoms with Crippen molar-refractivity contribution in [1.82, 2.24) is 24.1 Å². The Bertz CT molecular complexity index is 3830. The van der Waals surface area contributed by atoms with Gasteiger partial charge in [-0.1, -0.05) is 140 Å². The molecule has 63 heavy (non-hydrogen) atoms. The zero-order valence-electron chi connectivity index (χ0n) is 33.9. The molecule has 4 aromatic heterocycles. The minimum atomic E-state index is 0.615. The molecule has 294 valence electrons. The number of para-hydroxylation sites is 4. The molecule has 0 bridgehead atoms. The molecule has 0 radical (unpaired) electrons. The van der Waals surface area contributed by atoms with E-state index in [1.807, 2.05) is 66.7 Å². The summed E-state index contributed by atoms with van der Waals surface area (Å²) in [5, 5.41) is 6.82. The topological polar surface area (TPSA) is 61.7 Å². The maximum atomic E-state index is 6.83.